The summed E-state index contributed by atoms with van der Waals surface area (Å²) in [5, 5.41) is 0. The second-order valence-corrected chi connectivity index (χ2v) is 5.01. The average Bonchev–Trinajstić information content (AvgIpc) is 2.20. The second-order valence-electron chi connectivity index (χ2n) is 5.01. The van der Waals surface area contributed by atoms with Crippen LogP contribution in [0, 0.1) is 6.92 Å². The zero-order chi connectivity index (χ0) is 12.6. The standard InChI is InChI=1S/C14H18O3/c1-5-16-12-7-13-10(6-9(12)2)11(15)8-14(3,4)17-13/h6-7H,5,8H2,1-4H3. The van der Waals surface area contributed by atoms with Crippen LogP contribution in [0.5, 0.6) is 11.5 Å². The van der Waals surface area contributed by atoms with Gasteiger partial charge in [-0.15, -0.1) is 0 Å². The number of Topliss-reactive ketones (excluding diaryl/α,β-unsaturated/α-hetero) is 1. The molecule has 0 fully saturated rings. The van der Waals surface area contributed by atoms with E-state index in [2.05, 4.69) is 0 Å². The van der Waals surface area contributed by atoms with Gasteiger partial charge in [0.05, 0.1) is 18.6 Å². The SMILES string of the molecule is CCOc1cc2c(cc1C)C(=O)CC(C)(C)O2. The Morgan fingerprint density at radius 2 is 2.12 bits per heavy atom. The summed E-state index contributed by atoms with van der Waals surface area (Å²) in [5.41, 5.74) is 1.22. The van der Waals surface area contributed by atoms with Crippen LogP contribution in [0.2, 0.25) is 0 Å². The van der Waals surface area contributed by atoms with Crippen LogP contribution in [0.3, 0.4) is 0 Å². The Morgan fingerprint density at radius 3 is 2.76 bits per heavy atom. The van der Waals surface area contributed by atoms with Crippen molar-refractivity contribution in [1.82, 2.24) is 0 Å². The molecular weight excluding hydrogens is 216 g/mol. The van der Waals surface area contributed by atoms with E-state index in [9.17, 15) is 4.79 Å². The van der Waals surface area contributed by atoms with E-state index in [1.54, 1.807) is 0 Å². The summed E-state index contributed by atoms with van der Waals surface area (Å²) in [6, 6.07) is 3.69. The minimum atomic E-state index is -0.428. The second kappa shape index (κ2) is 4.06. The molecule has 0 spiro atoms. The van der Waals surface area contributed by atoms with Crippen LogP contribution in [0.25, 0.3) is 0 Å². The van der Waals surface area contributed by atoms with Crippen LogP contribution < -0.4 is 9.47 Å². The number of ketones is 1. The molecule has 1 aromatic carbocycles. The molecule has 0 saturated heterocycles. The van der Waals surface area contributed by atoms with Crippen LogP contribution >= 0.6 is 0 Å². The summed E-state index contributed by atoms with van der Waals surface area (Å²) in [5.74, 6) is 1.57. The average molecular weight is 234 g/mol. The maximum Gasteiger partial charge on any atom is 0.170 e. The maximum atomic E-state index is 12.0. The highest BCUT2D eigenvalue weighted by Gasteiger charge is 2.33. The Balaban J connectivity index is 2.47. The molecule has 0 unspecified atom stereocenters. The minimum Gasteiger partial charge on any atom is -0.493 e. The van der Waals surface area contributed by atoms with Gasteiger partial charge < -0.3 is 9.47 Å². The van der Waals surface area contributed by atoms with E-state index in [4.69, 9.17) is 9.47 Å². The summed E-state index contributed by atoms with van der Waals surface area (Å²) in [7, 11) is 0. The van der Waals surface area contributed by atoms with Gasteiger partial charge in [-0.2, -0.15) is 0 Å². The highest BCUT2D eigenvalue weighted by atomic mass is 16.5. The van der Waals surface area contributed by atoms with E-state index in [1.165, 1.54) is 0 Å². The van der Waals surface area contributed by atoms with Crippen molar-refractivity contribution in [2.24, 2.45) is 0 Å². The number of rotatable bonds is 2. The van der Waals surface area contributed by atoms with Gasteiger partial charge in [0.25, 0.3) is 0 Å². The quantitative estimate of drug-likeness (QED) is 0.788. The van der Waals surface area contributed by atoms with Crippen molar-refractivity contribution in [3.63, 3.8) is 0 Å². The van der Waals surface area contributed by atoms with Gasteiger partial charge in [-0.25, -0.2) is 0 Å². The third-order valence-electron chi connectivity index (χ3n) is 2.85. The zero-order valence-electron chi connectivity index (χ0n) is 10.8. The summed E-state index contributed by atoms with van der Waals surface area (Å²) in [4.78, 5) is 12.0. The smallest absolute Gasteiger partial charge is 0.170 e. The summed E-state index contributed by atoms with van der Waals surface area (Å²) in [6.07, 6.45) is 0.424. The molecule has 2 rings (SSSR count). The number of ether oxygens (including phenoxy) is 2. The Kier molecular flexibility index (Phi) is 2.86. The topological polar surface area (TPSA) is 35.5 Å². The van der Waals surface area contributed by atoms with E-state index in [0.717, 1.165) is 11.3 Å². The number of fused-ring (bicyclic) bond motifs is 1. The van der Waals surface area contributed by atoms with E-state index >= 15 is 0 Å². The van der Waals surface area contributed by atoms with Gasteiger partial charge in [0.15, 0.2) is 5.78 Å². The number of carbonyl (C=O) groups is 1. The fraction of sp³-hybridized carbons (Fsp3) is 0.500. The lowest BCUT2D eigenvalue weighted by atomic mass is 9.92. The normalized spacial score (nSPS) is 17.3. The molecule has 0 bridgehead atoms. The van der Waals surface area contributed by atoms with Crippen LogP contribution in [-0.4, -0.2) is 18.0 Å². The maximum absolute atomic E-state index is 12.0. The Labute approximate surface area is 102 Å². The summed E-state index contributed by atoms with van der Waals surface area (Å²) in [6.45, 7) is 8.34. The van der Waals surface area contributed by atoms with Crippen LogP contribution in [0.4, 0.5) is 0 Å². The molecule has 17 heavy (non-hydrogen) atoms. The lowest BCUT2D eigenvalue weighted by molar-refractivity contribution is 0.0618. The van der Waals surface area contributed by atoms with Crippen molar-refractivity contribution < 1.29 is 14.3 Å². The predicted molar refractivity (Wildman–Crippen MR) is 66.0 cm³/mol. The van der Waals surface area contributed by atoms with E-state index < -0.39 is 5.60 Å². The van der Waals surface area contributed by atoms with Crippen molar-refractivity contribution in [2.45, 2.75) is 39.7 Å². The first-order chi connectivity index (χ1) is 7.93. The van der Waals surface area contributed by atoms with Crippen molar-refractivity contribution in [3.05, 3.63) is 23.3 Å². The molecule has 3 heteroatoms. The number of hydrogen-bond donors (Lipinski definition) is 0. The fourth-order valence-corrected chi connectivity index (χ4v) is 2.10. The van der Waals surface area contributed by atoms with Crippen molar-refractivity contribution >= 4 is 5.78 Å². The summed E-state index contributed by atoms with van der Waals surface area (Å²) >= 11 is 0. The van der Waals surface area contributed by atoms with Gasteiger partial charge in [-0.1, -0.05) is 0 Å². The third-order valence-corrected chi connectivity index (χ3v) is 2.85. The van der Waals surface area contributed by atoms with E-state index in [0.29, 0.717) is 24.3 Å². The molecule has 0 amide bonds. The molecule has 1 aliphatic rings. The summed E-state index contributed by atoms with van der Waals surface area (Å²) < 4.78 is 11.3. The first kappa shape index (κ1) is 12.0. The Bertz CT molecular complexity index is 461. The number of benzene rings is 1. The van der Waals surface area contributed by atoms with Crippen LogP contribution in [0.1, 0.15) is 43.1 Å². The Morgan fingerprint density at radius 1 is 1.41 bits per heavy atom. The van der Waals surface area contributed by atoms with Crippen molar-refractivity contribution in [2.75, 3.05) is 6.61 Å². The number of carbonyl (C=O) groups excluding carboxylic acids is 1. The number of aryl methyl sites for hydroxylation is 1. The van der Waals surface area contributed by atoms with Gasteiger partial charge in [0.1, 0.15) is 17.1 Å². The van der Waals surface area contributed by atoms with E-state index in [1.807, 2.05) is 39.8 Å². The first-order valence-corrected chi connectivity index (χ1v) is 5.92. The molecule has 1 aromatic rings. The fourth-order valence-electron chi connectivity index (χ4n) is 2.10. The molecular formula is C14H18O3. The molecule has 0 atom stereocenters. The molecule has 1 aliphatic heterocycles. The molecule has 0 saturated carbocycles. The lowest BCUT2D eigenvalue weighted by Crippen LogP contribution is -2.35. The van der Waals surface area contributed by atoms with Gasteiger partial charge in [0, 0.05) is 6.07 Å². The lowest BCUT2D eigenvalue weighted by Gasteiger charge is -2.32. The third kappa shape index (κ3) is 2.28. The van der Waals surface area contributed by atoms with E-state index in [-0.39, 0.29) is 5.78 Å². The van der Waals surface area contributed by atoms with Crippen molar-refractivity contribution in [3.8, 4) is 11.5 Å². The largest absolute Gasteiger partial charge is 0.493 e. The van der Waals surface area contributed by atoms with Crippen LogP contribution in [0.15, 0.2) is 12.1 Å². The van der Waals surface area contributed by atoms with Gasteiger partial charge >= 0.3 is 0 Å². The molecule has 0 aromatic heterocycles. The first-order valence-electron chi connectivity index (χ1n) is 5.92. The van der Waals surface area contributed by atoms with Crippen LogP contribution in [-0.2, 0) is 0 Å². The molecule has 0 aliphatic carbocycles. The molecule has 0 N–H and O–H groups in total. The Hall–Kier alpha value is -1.51. The van der Waals surface area contributed by atoms with Gasteiger partial charge in [-0.05, 0) is 39.3 Å². The highest BCUT2D eigenvalue weighted by Crippen LogP contribution is 2.37. The molecule has 0 radical (unpaired) electrons. The highest BCUT2D eigenvalue weighted by molar-refractivity contribution is 6.00. The monoisotopic (exact) mass is 234 g/mol. The van der Waals surface area contributed by atoms with Gasteiger partial charge in [0.2, 0.25) is 0 Å². The molecule has 92 valence electrons. The number of hydrogen-bond acceptors (Lipinski definition) is 3. The molecule has 3 nitrogen and oxygen atoms in total. The van der Waals surface area contributed by atoms with Gasteiger partial charge in [-0.3, -0.25) is 4.79 Å². The predicted octanol–water partition coefficient (Wildman–Crippen LogP) is 3.14. The minimum absolute atomic E-state index is 0.141. The zero-order valence-corrected chi connectivity index (χ0v) is 10.8. The molecule has 1 heterocycles. The van der Waals surface area contributed by atoms with Crippen molar-refractivity contribution in [1.29, 1.82) is 0 Å².